The van der Waals surface area contributed by atoms with Crippen molar-refractivity contribution in [1.29, 1.82) is 0 Å². The number of hydrogen-bond donors (Lipinski definition) is 1. The fourth-order valence-corrected chi connectivity index (χ4v) is 3.91. The molecular weight excluding hydrogens is 352 g/mol. The molecule has 1 saturated heterocycles. The quantitative estimate of drug-likeness (QED) is 0.858. The van der Waals surface area contributed by atoms with Crippen LogP contribution in [0.5, 0.6) is 5.75 Å². The van der Waals surface area contributed by atoms with E-state index >= 15 is 0 Å². The Morgan fingerprint density at radius 2 is 1.75 bits per heavy atom. The number of pyridine rings is 1. The van der Waals surface area contributed by atoms with E-state index in [1.807, 2.05) is 53.7 Å². The zero-order valence-corrected chi connectivity index (χ0v) is 16.2. The fourth-order valence-electron chi connectivity index (χ4n) is 3.91. The molecule has 1 saturated carbocycles. The zero-order chi connectivity index (χ0) is 19.2. The van der Waals surface area contributed by atoms with E-state index in [0.29, 0.717) is 0 Å². The van der Waals surface area contributed by atoms with E-state index in [9.17, 15) is 4.79 Å². The van der Waals surface area contributed by atoms with Crippen LogP contribution in [-0.2, 0) is 6.54 Å². The maximum atomic E-state index is 12.8. The maximum Gasteiger partial charge on any atom is 0.322 e. The van der Waals surface area contributed by atoms with Crippen molar-refractivity contribution in [1.82, 2.24) is 14.8 Å². The van der Waals surface area contributed by atoms with Crippen LogP contribution in [0.25, 0.3) is 0 Å². The van der Waals surface area contributed by atoms with Crippen LogP contribution in [-0.4, -0.2) is 53.1 Å². The summed E-state index contributed by atoms with van der Waals surface area (Å²) in [5, 5.41) is 3.05. The number of carbonyl (C=O) groups excluding carboxylic acids is 1. The maximum absolute atomic E-state index is 12.8. The van der Waals surface area contributed by atoms with Crippen molar-refractivity contribution in [2.24, 2.45) is 0 Å². The van der Waals surface area contributed by atoms with Gasteiger partial charge in [0.2, 0.25) is 0 Å². The number of urea groups is 1. The molecule has 2 fully saturated rings. The Bertz CT molecular complexity index is 769. The van der Waals surface area contributed by atoms with Crippen LogP contribution < -0.4 is 10.1 Å². The molecule has 1 aliphatic carbocycles. The number of para-hydroxylation sites is 2. The number of nitrogens with one attached hydrogen (secondary N) is 1. The molecule has 1 aliphatic heterocycles. The average molecular weight is 380 g/mol. The lowest BCUT2D eigenvalue weighted by molar-refractivity contribution is 0.143. The Balaban J connectivity index is 1.30. The van der Waals surface area contributed by atoms with Crippen molar-refractivity contribution in [2.75, 3.05) is 31.5 Å². The van der Waals surface area contributed by atoms with Gasteiger partial charge < -0.3 is 15.0 Å². The van der Waals surface area contributed by atoms with Crippen LogP contribution in [0.15, 0.2) is 48.8 Å². The number of anilines is 1. The third-order valence-corrected chi connectivity index (χ3v) is 5.54. The number of ether oxygens (including phenoxy) is 1. The second-order valence-corrected chi connectivity index (χ2v) is 7.57. The van der Waals surface area contributed by atoms with Crippen LogP contribution in [0.1, 0.15) is 31.2 Å². The van der Waals surface area contributed by atoms with E-state index in [0.717, 1.165) is 57.0 Å². The van der Waals surface area contributed by atoms with Crippen LogP contribution in [0.3, 0.4) is 0 Å². The van der Waals surface area contributed by atoms with Crippen molar-refractivity contribution < 1.29 is 9.53 Å². The van der Waals surface area contributed by atoms with Gasteiger partial charge in [0, 0.05) is 45.1 Å². The molecule has 1 N–H and O–H groups in total. The lowest BCUT2D eigenvalue weighted by Gasteiger charge is -2.34. The molecule has 0 atom stereocenters. The summed E-state index contributed by atoms with van der Waals surface area (Å²) in [7, 11) is 0. The van der Waals surface area contributed by atoms with Gasteiger partial charge in [0.1, 0.15) is 5.75 Å². The first-order valence-corrected chi connectivity index (χ1v) is 10.2. The van der Waals surface area contributed by atoms with Gasteiger partial charge in [0.15, 0.2) is 0 Å². The first-order chi connectivity index (χ1) is 13.8. The largest absolute Gasteiger partial charge is 0.488 e. The van der Waals surface area contributed by atoms with Gasteiger partial charge in [-0.25, -0.2) is 4.79 Å². The number of hydrogen-bond acceptors (Lipinski definition) is 4. The average Bonchev–Trinajstić information content (AvgIpc) is 3.24. The highest BCUT2D eigenvalue weighted by Gasteiger charge is 2.23. The summed E-state index contributed by atoms with van der Waals surface area (Å²) in [5.41, 5.74) is 2.02. The fraction of sp³-hybridized carbons (Fsp3) is 0.455. The number of amides is 2. The molecule has 0 unspecified atom stereocenters. The van der Waals surface area contributed by atoms with Gasteiger partial charge in [-0.3, -0.25) is 9.88 Å². The van der Waals surface area contributed by atoms with E-state index in [-0.39, 0.29) is 12.1 Å². The lowest BCUT2D eigenvalue weighted by atomic mass is 10.2. The first kappa shape index (κ1) is 18.7. The molecule has 2 aromatic rings. The van der Waals surface area contributed by atoms with Crippen LogP contribution >= 0.6 is 0 Å². The van der Waals surface area contributed by atoms with E-state index in [4.69, 9.17) is 4.74 Å². The summed E-state index contributed by atoms with van der Waals surface area (Å²) < 4.78 is 6.13. The number of piperazine rings is 1. The van der Waals surface area contributed by atoms with Crippen LogP contribution in [0.2, 0.25) is 0 Å². The Morgan fingerprint density at radius 3 is 2.50 bits per heavy atom. The molecule has 1 aromatic heterocycles. The van der Waals surface area contributed by atoms with Gasteiger partial charge in [-0.05, 0) is 55.5 Å². The van der Waals surface area contributed by atoms with E-state index in [2.05, 4.69) is 15.2 Å². The molecule has 28 heavy (non-hydrogen) atoms. The second-order valence-electron chi connectivity index (χ2n) is 7.57. The monoisotopic (exact) mass is 380 g/mol. The van der Waals surface area contributed by atoms with Crippen molar-refractivity contribution in [3.05, 3.63) is 54.4 Å². The Labute approximate surface area is 166 Å². The highest BCUT2D eigenvalue weighted by atomic mass is 16.5. The Kier molecular flexibility index (Phi) is 6.07. The molecule has 2 heterocycles. The minimum atomic E-state index is -0.0500. The SMILES string of the molecule is O=C(Nc1ccccc1OC1CCCC1)N1CCN(Cc2ccncc2)CC1. The normalized spacial score (nSPS) is 18.2. The zero-order valence-electron chi connectivity index (χ0n) is 16.2. The molecule has 148 valence electrons. The van der Waals surface area contributed by atoms with Gasteiger partial charge >= 0.3 is 6.03 Å². The smallest absolute Gasteiger partial charge is 0.322 e. The third-order valence-electron chi connectivity index (χ3n) is 5.54. The number of nitrogens with zero attached hydrogens (tertiary/aromatic N) is 3. The summed E-state index contributed by atoms with van der Waals surface area (Å²) in [5.74, 6) is 0.777. The molecule has 1 aromatic carbocycles. The van der Waals surface area contributed by atoms with Crippen molar-refractivity contribution in [3.63, 3.8) is 0 Å². The molecule has 0 bridgehead atoms. The number of carbonyl (C=O) groups is 1. The van der Waals surface area contributed by atoms with Crippen molar-refractivity contribution >= 4 is 11.7 Å². The van der Waals surface area contributed by atoms with Crippen molar-refractivity contribution in [3.8, 4) is 5.75 Å². The van der Waals surface area contributed by atoms with E-state index in [1.165, 1.54) is 18.4 Å². The van der Waals surface area contributed by atoms with Crippen LogP contribution in [0.4, 0.5) is 10.5 Å². The van der Waals surface area contributed by atoms with Crippen LogP contribution in [0, 0.1) is 0 Å². The van der Waals surface area contributed by atoms with Gasteiger partial charge in [-0.1, -0.05) is 12.1 Å². The summed E-state index contributed by atoms with van der Waals surface area (Å²) in [6.07, 6.45) is 8.57. The third kappa shape index (κ3) is 4.81. The minimum Gasteiger partial charge on any atom is -0.488 e. The molecule has 4 rings (SSSR count). The standard InChI is InChI=1S/C22H28N4O2/c27-22(24-20-7-3-4-8-21(20)28-19-5-1-2-6-19)26-15-13-25(14-16-26)17-18-9-11-23-12-10-18/h3-4,7-12,19H,1-2,5-6,13-17H2,(H,24,27). The molecule has 6 heteroatoms. The topological polar surface area (TPSA) is 57.7 Å². The first-order valence-electron chi connectivity index (χ1n) is 10.2. The molecule has 2 aliphatic rings. The van der Waals surface area contributed by atoms with Gasteiger partial charge in [-0.2, -0.15) is 0 Å². The molecule has 0 spiro atoms. The summed E-state index contributed by atoms with van der Waals surface area (Å²) in [4.78, 5) is 21.1. The highest BCUT2D eigenvalue weighted by molar-refractivity contribution is 5.91. The van der Waals surface area contributed by atoms with Crippen molar-refractivity contribution in [2.45, 2.75) is 38.3 Å². The highest BCUT2D eigenvalue weighted by Crippen LogP contribution is 2.30. The molecule has 0 radical (unpaired) electrons. The Morgan fingerprint density at radius 1 is 1.04 bits per heavy atom. The van der Waals surface area contributed by atoms with Gasteiger partial charge in [0.05, 0.1) is 11.8 Å². The number of aromatic nitrogens is 1. The van der Waals surface area contributed by atoms with Gasteiger partial charge in [-0.15, -0.1) is 0 Å². The molecule has 6 nitrogen and oxygen atoms in total. The van der Waals surface area contributed by atoms with E-state index < -0.39 is 0 Å². The number of benzene rings is 1. The predicted molar refractivity (Wildman–Crippen MR) is 109 cm³/mol. The predicted octanol–water partition coefficient (Wildman–Crippen LogP) is 3.75. The molecular formula is C22H28N4O2. The minimum absolute atomic E-state index is 0.0500. The van der Waals surface area contributed by atoms with Gasteiger partial charge in [0.25, 0.3) is 0 Å². The summed E-state index contributed by atoms with van der Waals surface area (Å²) in [6.45, 7) is 4.09. The summed E-state index contributed by atoms with van der Waals surface area (Å²) in [6, 6.07) is 11.8. The second kappa shape index (κ2) is 9.06. The lowest BCUT2D eigenvalue weighted by Crippen LogP contribution is -2.49. The molecule has 2 amide bonds. The van der Waals surface area contributed by atoms with E-state index in [1.54, 1.807) is 0 Å². The summed E-state index contributed by atoms with van der Waals surface area (Å²) >= 11 is 0. The number of rotatable bonds is 5. The Hall–Kier alpha value is -2.60.